The molecule has 2 aliphatic rings. The van der Waals surface area contributed by atoms with Gasteiger partial charge in [0.1, 0.15) is 12.3 Å². The molecule has 0 aromatic carbocycles. The molecule has 2 amide bonds. The number of anilines is 3. The zero-order chi connectivity index (χ0) is 26.3. The van der Waals surface area contributed by atoms with Crippen LogP contribution in [-0.2, 0) is 16.0 Å². The first-order valence-corrected chi connectivity index (χ1v) is 13.2. The third-order valence-electron chi connectivity index (χ3n) is 6.13. The SMILES string of the molecule is COCCOCCOc1cc2c(cn1)CN(c1nc(C(=O)Nc3cnccc3N3CCNCC3)cs1)C2=O. The molecule has 13 heteroatoms. The van der Waals surface area contributed by atoms with E-state index in [0.29, 0.717) is 55.2 Å². The first-order valence-electron chi connectivity index (χ1n) is 12.3. The van der Waals surface area contributed by atoms with Gasteiger partial charge in [-0.3, -0.25) is 19.5 Å². The van der Waals surface area contributed by atoms with Gasteiger partial charge in [-0.05, 0) is 6.07 Å². The molecular formula is C25H29N7O5S. The zero-order valence-electron chi connectivity index (χ0n) is 21.0. The number of carbonyl (C=O) groups excluding carboxylic acids is 2. The number of pyridine rings is 2. The van der Waals surface area contributed by atoms with Crippen molar-refractivity contribution in [2.45, 2.75) is 6.54 Å². The molecule has 2 N–H and O–H groups in total. The van der Waals surface area contributed by atoms with Crippen LogP contribution in [0, 0.1) is 0 Å². The molecule has 0 saturated carbocycles. The van der Waals surface area contributed by atoms with Crippen LogP contribution < -0.4 is 25.2 Å². The van der Waals surface area contributed by atoms with Gasteiger partial charge < -0.3 is 29.7 Å². The number of ether oxygens (including phenoxy) is 3. The molecule has 0 atom stereocenters. The Balaban J connectivity index is 1.21. The van der Waals surface area contributed by atoms with Gasteiger partial charge in [-0.15, -0.1) is 11.3 Å². The van der Waals surface area contributed by atoms with E-state index in [1.54, 1.807) is 42.0 Å². The summed E-state index contributed by atoms with van der Waals surface area (Å²) >= 11 is 1.24. The van der Waals surface area contributed by atoms with Crippen molar-refractivity contribution in [2.24, 2.45) is 0 Å². The molecule has 3 aromatic heterocycles. The van der Waals surface area contributed by atoms with E-state index in [1.807, 2.05) is 6.07 Å². The quantitative estimate of drug-likeness (QED) is 0.348. The Bertz CT molecular complexity index is 1280. The van der Waals surface area contributed by atoms with Crippen molar-refractivity contribution >= 4 is 39.7 Å². The number of nitrogens with zero attached hydrogens (tertiary/aromatic N) is 5. The number of hydrogen-bond donors (Lipinski definition) is 2. The first-order chi connectivity index (χ1) is 18.6. The highest BCUT2D eigenvalue weighted by atomic mass is 32.1. The Kier molecular flexibility index (Phi) is 8.38. The van der Waals surface area contributed by atoms with Crippen LogP contribution in [0.4, 0.5) is 16.5 Å². The van der Waals surface area contributed by atoms with Crippen LogP contribution in [0.1, 0.15) is 26.4 Å². The standard InChI is InChI=1S/C25H29N7O5S/c1-35-8-9-36-10-11-37-22-12-18-17(13-28-22)15-32(24(18)34)25-30-20(16-38-25)23(33)29-19-14-27-3-2-21(19)31-6-4-26-5-7-31/h2-3,12-14,16,26H,4-11,15H2,1H3,(H,29,33). The third kappa shape index (κ3) is 5.91. The lowest BCUT2D eigenvalue weighted by atomic mass is 10.2. The topological polar surface area (TPSA) is 131 Å². The number of hydrogen-bond acceptors (Lipinski definition) is 11. The molecule has 5 heterocycles. The average Bonchev–Trinajstić information content (AvgIpc) is 3.56. The third-order valence-corrected chi connectivity index (χ3v) is 7.00. The second-order valence-electron chi connectivity index (χ2n) is 8.62. The summed E-state index contributed by atoms with van der Waals surface area (Å²) in [5.41, 5.74) is 3.06. The Morgan fingerprint density at radius 3 is 2.87 bits per heavy atom. The largest absolute Gasteiger partial charge is 0.475 e. The number of carbonyl (C=O) groups is 2. The maximum absolute atomic E-state index is 13.1. The number of amides is 2. The summed E-state index contributed by atoms with van der Waals surface area (Å²) in [6.07, 6.45) is 4.99. The summed E-state index contributed by atoms with van der Waals surface area (Å²) in [6.45, 7) is 5.47. The van der Waals surface area contributed by atoms with Crippen LogP contribution in [0.25, 0.3) is 0 Å². The molecule has 0 spiro atoms. The van der Waals surface area contributed by atoms with Crippen LogP contribution in [0.2, 0.25) is 0 Å². The highest BCUT2D eigenvalue weighted by Crippen LogP contribution is 2.32. The van der Waals surface area contributed by atoms with Gasteiger partial charge in [0.25, 0.3) is 11.8 Å². The van der Waals surface area contributed by atoms with E-state index in [9.17, 15) is 9.59 Å². The lowest BCUT2D eigenvalue weighted by molar-refractivity contribution is 0.0536. The van der Waals surface area contributed by atoms with E-state index >= 15 is 0 Å². The lowest BCUT2D eigenvalue weighted by Crippen LogP contribution is -2.43. The summed E-state index contributed by atoms with van der Waals surface area (Å²) in [6, 6.07) is 3.53. The highest BCUT2D eigenvalue weighted by Gasteiger charge is 2.32. The van der Waals surface area contributed by atoms with Crippen molar-refractivity contribution in [1.82, 2.24) is 20.3 Å². The second kappa shape index (κ2) is 12.3. The number of methoxy groups -OCH3 is 1. The Hall–Kier alpha value is -3.65. The van der Waals surface area contributed by atoms with Gasteiger partial charge in [-0.2, -0.15) is 0 Å². The van der Waals surface area contributed by atoms with Gasteiger partial charge >= 0.3 is 0 Å². The predicted octanol–water partition coefficient (Wildman–Crippen LogP) is 1.80. The van der Waals surface area contributed by atoms with E-state index in [0.717, 1.165) is 37.4 Å². The molecule has 1 fully saturated rings. The summed E-state index contributed by atoms with van der Waals surface area (Å²) in [5, 5.41) is 8.35. The van der Waals surface area contributed by atoms with Crippen LogP contribution in [-0.4, -0.2) is 86.5 Å². The van der Waals surface area contributed by atoms with Crippen molar-refractivity contribution in [3.05, 3.63) is 52.9 Å². The van der Waals surface area contributed by atoms with Crippen molar-refractivity contribution < 1.29 is 23.8 Å². The van der Waals surface area contributed by atoms with E-state index in [4.69, 9.17) is 14.2 Å². The number of piperazine rings is 1. The second-order valence-corrected chi connectivity index (χ2v) is 9.46. The van der Waals surface area contributed by atoms with Gasteiger partial charge in [0.15, 0.2) is 5.13 Å². The van der Waals surface area contributed by atoms with Gasteiger partial charge in [-0.25, -0.2) is 9.97 Å². The van der Waals surface area contributed by atoms with E-state index in [-0.39, 0.29) is 17.5 Å². The van der Waals surface area contributed by atoms with E-state index in [2.05, 4.69) is 30.5 Å². The number of thiazole rings is 1. The molecule has 1 saturated heterocycles. The molecule has 5 rings (SSSR count). The minimum atomic E-state index is -0.355. The highest BCUT2D eigenvalue weighted by molar-refractivity contribution is 7.14. The van der Waals surface area contributed by atoms with Crippen molar-refractivity contribution in [1.29, 1.82) is 0 Å². The van der Waals surface area contributed by atoms with Crippen LogP contribution >= 0.6 is 11.3 Å². The molecular weight excluding hydrogens is 510 g/mol. The van der Waals surface area contributed by atoms with Gasteiger partial charge in [0, 0.05) is 62.7 Å². The van der Waals surface area contributed by atoms with Crippen LogP contribution in [0.3, 0.4) is 0 Å². The maximum atomic E-state index is 13.1. The van der Waals surface area contributed by atoms with Crippen LogP contribution in [0.5, 0.6) is 5.88 Å². The van der Waals surface area contributed by atoms with Crippen molar-refractivity contribution in [2.75, 3.05) is 74.8 Å². The number of aromatic nitrogens is 3. The van der Waals surface area contributed by atoms with Crippen LogP contribution in [0.15, 0.2) is 36.1 Å². The molecule has 3 aromatic rings. The molecule has 0 radical (unpaired) electrons. The Labute approximate surface area is 223 Å². The molecule has 12 nitrogen and oxygen atoms in total. The normalized spacial score (nSPS) is 15.0. The zero-order valence-corrected chi connectivity index (χ0v) is 21.8. The molecule has 38 heavy (non-hydrogen) atoms. The fourth-order valence-electron chi connectivity index (χ4n) is 4.20. The maximum Gasteiger partial charge on any atom is 0.275 e. The average molecular weight is 540 g/mol. The van der Waals surface area contributed by atoms with E-state index < -0.39 is 0 Å². The van der Waals surface area contributed by atoms with Gasteiger partial charge in [-0.1, -0.05) is 0 Å². The lowest BCUT2D eigenvalue weighted by Gasteiger charge is -2.30. The minimum Gasteiger partial charge on any atom is -0.475 e. The Morgan fingerprint density at radius 2 is 2.03 bits per heavy atom. The smallest absolute Gasteiger partial charge is 0.275 e. The summed E-state index contributed by atoms with van der Waals surface area (Å²) < 4.78 is 15.9. The molecule has 2 aliphatic heterocycles. The predicted molar refractivity (Wildman–Crippen MR) is 142 cm³/mol. The van der Waals surface area contributed by atoms with E-state index in [1.165, 1.54) is 11.3 Å². The van der Waals surface area contributed by atoms with Crippen molar-refractivity contribution in [3.8, 4) is 5.88 Å². The fourth-order valence-corrected chi connectivity index (χ4v) is 5.01. The molecule has 0 bridgehead atoms. The van der Waals surface area contributed by atoms with Gasteiger partial charge in [0.2, 0.25) is 5.88 Å². The summed E-state index contributed by atoms with van der Waals surface area (Å²) in [5.74, 6) is -0.213. The number of nitrogens with one attached hydrogen (secondary N) is 2. The molecule has 0 unspecified atom stereocenters. The Morgan fingerprint density at radius 1 is 1.18 bits per heavy atom. The molecule has 200 valence electrons. The number of fused-ring (bicyclic) bond motifs is 1. The minimum absolute atomic E-state index is 0.210. The first kappa shape index (κ1) is 26.0. The summed E-state index contributed by atoms with van der Waals surface area (Å²) in [4.78, 5) is 42.9. The summed E-state index contributed by atoms with van der Waals surface area (Å²) in [7, 11) is 1.61. The van der Waals surface area contributed by atoms with Crippen molar-refractivity contribution in [3.63, 3.8) is 0 Å². The molecule has 0 aliphatic carbocycles. The fraction of sp³-hybridized carbons (Fsp3) is 0.400. The number of rotatable bonds is 11. The monoisotopic (exact) mass is 539 g/mol. The van der Waals surface area contributed by atoms with Gasteiger partial charge in [0.05, 0.1) is 49.5 Å².